The first kappa shape index (κ1) is 38.5. The van der Waals surface area contributed by atoms with E-state index >= 15 is 0 Å². The number of alkyl halides is 17. The van der Waals surface area contributed by atoms with Crippen LogP contribution in [0.1, 0.15) is 75.8 Å². The van der Waals surface area contributed by atoms with Crippen molar-refractivity contribution >= 4 is 0 Å². The Labute approximate surface area is 253 Å². The summed E-state index contributed by atoms with van der Waals surface area (Å²) in [6.07, 6.45) is 1.36. The van der Waals surface area contributed by atoms with Crippen molar-refractivity contribution in [2.75, 3.05) is 0 Å². The molecule has 266 valence electrons. The second-order valence-corrected chi connectivity index (χ2v) is 12.6. The fourth-order valence-corrected chi connectivity index (χ4v) is 6.30. The number of rotatable bonds is 11. The van der Waals surface area contributed by atoms with E-state index in [-0.39, 0.29) is 30.0 Å². The maximum atomic E-state index is 14.6. The maximum absolute atomic E-state index is 14.6. The molecule has 2 aliphatic rings. The third-order valence-electron chi connectivity index (χ3n) is 9.50. The average molecular weight is 703 g/mol. The van der Waals surface area contributed by atoms with E-state index in [1.807, 2.05) is 0 Å². The number of halogens is 17. The van der Waals surface area contributed by atoms with Gasteiger partial charge >= 0.3 is 47.6 Å². The van der Waals surface area contributed by atoms with Crippen LogP contribution in [0.4, 0.5) is 74.6 Å². The van der Waals surface area contributed by atoms with E-state index < -0.39 is 53.2 Å². The van der Waals surface area contributed by atoms with Crippen LogP contribution in [0.2, 0.25) is 0 Å². The Bertz CT molecular complexity index is 1150. The van der Waals surface area contributed by atoms with E-state index in [2.05, 4.69) is 6.92 Å². The van der Waals surface area contributed by atoms with Crippen LogP contribution in [-0.2, 0) is 12.3 Å². The van der Waals surface area contributed by atoms with Crippen molar-refractivity contribution in [1.29, 1.82) is 0 Å². The molecule has 46 heavy (non-hydrogen) atoms. The highest BCUT2D eigenvalue weighted by molar-refractivity contribution is 5.30. The third-order valence-corrected chi connectivity index (χ3v) is 9.50. The molecule has 0 bridgehead atoms. The van der Waals surface area contributed by atoms with Crippen LogP contribution in [0.5, 0.6) is 0 Å². The highest BCUT2D eigenvalue weighted by atomic mass is 19.4. The highest BCUT2D eigenvalue weighted by Crippen LogP contribution is 2.65. The molecule has 0 radical (unpaired) electrons. The van der Waals surface area contributed by atoms with E-state index in [4.69, 9.17) is 0 Å². The zero-order valence-electron chi connectivity index (χ0n) is 24.1. The Balaban J connectivity index is 1.73. The Hall–Kier alpha value is -1.97. The molecule has 17 heteroatoms. The lowest BCUT2D eigenvalue weighted by atomic mass is 9.69. The van der Waals surface area contributed by atoms with Gasteiger partial charge in [-0.15, -0.1) is 0 Å². The molecule has 2 fully saturated rings. The average Bonchev–Trinajstić information content (AvgIpc) is 2.95. The third kappa shape index (κ3) is 6.29. The smallest absolute Gasteiger partial charge is 0.194 e. The molecule has 1 aromatic rings. The summed E-state index contributed by atoms with van der Waals surface area (Å²) in [4.78, 5) is 0. The quantitative estimate of drug-likeness (QED) is 0.201. The molecule has 0 aliphatic heterocycles. The monoisotopic (exact) mass is 702 g/mol. The predicted octanol–water partition coefficient (Wildman–Crippen LogP) is 11.7. The van der Waals surface area contributed by atoms with Crippen LogP contribution in [0.3, 0.4) is 0 Å². The normalized spacial score (nSPS) is 25.1. The summed E-state index contributed by atoms with van der Waals surface area (Å²) < 4.78 is 231. The molecular formula is C29H31F17. The number of hydrogen-bond acceptors (Lipinski definition) is 0. The Morgan fingerprint density at radius 3 is 1.26 bits per heavy atom. The minimum Gasteiger partial charge on any atom is -0.194 e. The van der Waals surface area contributed by atoms with Crippen LogP contribution >= 0.6 is 0 Å². The fraction of sp³-hybridized carbons (Fsp3) is 0.793. The summed E-state index contributed by atoms with van der Waals surface area (Å²) in [5.41, 5.74) is -1.96. The number of hydrogen-bond donors (Lipinski definition) is 0. The zero-order valence-corrected chi connectivity index (χ0v) is 24.1. The van der Waals surface area contributed by atoms with Gasteiger partial charge in [0.1, 0.15) is 0 Å². The zero-order chi connectivity index (χ0) is 35.4. The van der Waals surface area contributed by atoms with Gasteiger partial charge in [0.05, 0.1) is 0 Å². The van der Waals surface area contributed by atoms with Gasteiger partial charge in [-0.1, -0.05) is 56.9 Å². The molecule has 3 rings (SSSR count). The lowest BCUT2D eigenvalue weighted by Crippen LogP contribution is -2.74. The molecule has 2 saturated carbocycles. The van der Waals surface area contributed by atoms with Crippen LogP contribution in [0.15, 0.2) is 24.3 Å². The highest BCUT2D eigenvalue weighted by Gasteiger charge is 2.95. The van der Waals surface area contributed by atoms with Gasteiger partial charge in [0.15, 0.2) is 0 Å². The van der Waals surface area contributed by atoms with Crippen molar-refractivity contribution in [2.24, 2.45) is 23.7 Å². The molecule has 0 unspecified atom stereocenters. The van der Waals surface area contributed by atoms with Gasteiger partial charge in [-0.05, 0) is 67.8 Å². The molecule has 0 aromatic heterocycles. The van der Waals surface area contributed by atoms with E-state index in [0.717, 1.165) is 37.8 Å². The first-order chi connectivity index (χ1) is 20.7. The molecule has 0 atom stereocenters. The van der Waals surface area contributed by atoms with Crippen LogP contribution in [0.25, 0.3) is 0 Å². The molecule has 0 spiro atoms. The minimum absolute atomic E-state index is 0.0724. The van der Waals surface area contributed by atoms with Gasteiger partial charge < -0.3 is 0 Å². The maximum Gasteiger partial charge on any atom is 0.460 e. The summed E-state index contributed by atoms with van der Waals surface area (Å²) in [5.74, 6) is -54.2. The van der Waals surface area contributed by atoms with Crippen LogP contribution in [0, 0.1) is 23.7 Å². The van der Waals surface area contributed by atoms with E-state index in [9.17, 15) is 74.6 Å². The van der Waals surface area contributed by atoms with E-state index in [1.165, 1.54) is 25.7 Å². The fourth-order valence-electron chi connectivity index (χ4n) is 6.30. The van der Waals surface area contributed by atoms with E-state index in [1.54, 1.807) is 0 Å². The van der Waals surface area contributed by atoms with Crippen LogP contribution < -0.4 is 0 Å². The van der Waals surface area contributed by atoms with Crippen molar-refractivity contribution in [1.82, 2.24) is 0 Å². The summed E-state index contributed by atoms with van der Waals surface area (Å²) >= 11 is 0. The molecule has 0 amide bonds. The van der Waals surface area contributed by atoms with Gasteiger partial charge in [0.25, 0.3) is 0 Å². The lowest BCUT2D eigenvalue weighted by Gasteiger charge is -2.42. The van der Waals surface area contributed by atoms with E-state index in [0.29, 0.717) is 24.2 Å². The molecule has 1 aromatic carbocycles. The molecular weight excluding hydrogens is 671 g/mol. The SMILES string of the molecule is CC1CCC(C2CCC(CCc3ccc(C(F)(F)C(F)(F)C(F)(F)C(F)(F)C(F)(F)C(F)(F)C(F)(F)C(F)(F)F)cc3)CC2)CC1. The molecule has 0 nitrogen and oxygen atoms in total. The lowest BCUT2D eigenvalue weighted by molar-refractivity contribution is -0.462. The van der Waals surface area contributed by atoms with Gasteiger partial charge in [0.2, 0.25) is 0 Å². The summed E-state index contributed by atoms with van der Waals surface area (Å²) in [6.45, 7) is 2.21. The topological polar surface area (TPSA) is 0 Å². The van der Waals surface area contributed by atoms with Crippen molar-refractivity contribution < 1.29 is 74.6 Å². The van der Waals surface area contributed by atoms with Gasteiger partial charge in [-0.2, -0.15) is 74.6 Å². The van der Waals surface area contributed by atoms with Crippen LogP contribution in [-0.4, -0.2) is 41.7 Å². The Kier molecular flexibility index (Phi) is 10.4. The molecule has 0 saturated heterocycles. The van der Waals surface area contributed by atoms with Gasteiger partial charge in [-0.25, -0.2) is 0 Å². The first-order valence-corrected chi connectivity index (χ1v) is 14.5. The first-order valence-electron chi connectivity index (χ1n) is 14.5. The molecule has 2 aliphatic carbocycles. The summed E-state index contributed by atoms with van der Waals surface area (Å²) in [5, 5.41) is 0. The summed E-state index contributed by atoms with van der Waals surface area (Å²) in [7, 11) is 0. The Morgan fingerprint density at radius 1 is 0.478 bits per heavy atom. The second kappa shape index (κ2) is 12.5. The van der Waals surface area contributed by atoms with Gasteiger partial charge in [-0.3, -0.25) is 0 Å². The number of benzene rings is 1. The Morgan fingerprint density at radius 2 is 0.848 bits per heavy atom. The van der Waals surface area contributed by atoms with Crippen molar-refractivity contribution in [3.8, 4) is 0 Å². The van der Waals surface area contributed by atoms with Crippen molar-refractivity contribution in [2.45, 2.75) is 119 Å². The second-order valence-electron chi connectivity index (χ2n) is 12.6. The standard InChI is InChI=1S/C29H31F17/c1-16-2-10-19(11-3-16)20-12-6-17(7-13-20)4-5-18-8-14-21(15-9-18)22(30,31)23(32,33)24(34,35)25(36,37)26(38,39)27(40,41)28(42,43)29(44,45)46/h8-9,14-17,19-20H,2-7,10-13H2,1H3. The summed E-state index contributed by atoms with van der Waals surface area (Å²) in [6, 6.07) is 1.61. The largest absolute Gasteiger partial charge is 0.460 e. The molecule has 0 N–H and O–H groups in total. The predicted molar refractivity (Wildman–Crippen MR) is 131 cm³/mol. The van der Waals surface area contributed by atoms with Gasteiger partial charge in [0, 0.05) is 5.56 Å². The van der Waals surface area contributed by atoms with Crippen molar-refractivity contribution in [3.05, 3.63) is 35.4 Å². The van der Waals surface area contributed by atoms with Crippen molar-refractivity contribution in [3.63, 3.8) is 0 Å². The minimum atomic E-state index is -8.62. The molecule has 0 heterocycles. The number of aryl methyl sites for hydroxylation is 1.